The number of para-hydroxylation sites is 2. The molecular weight excluding hydrogens is 755 g/mol. The van der Waals surface area contributed by atoms with Crippen LogP contribution in [0.2, 0.25) is 0 Å². The Labute approximate surface area is 362 Å². The van der Waals surface area contributed by atoms with Gasteiger partial charge in [-0.05, 0) is 82.9 Å². The number of amidine groups is 2. The van der Waals surface area contributed by atoms with Crippen LogP contribution in [0.25, 0.3) is 33.1 Å². The fraction of sp³-hybridized carbons (Fsp3) is 0.123. The molecule has 62 heavy (non-hydrogen) atoms. The largest absolute Gasteiger partial charge is 0.383 e. The lowest BCUT2D eigenvalue weighted by Crippen LogP contribution is -2.36. The van der Waals surface area contributed by atoms with Crippen molar-refractivity contribution in [1.29, 1.82) is 0 Å². The Balaban J connectivity index is 1.09. The SMILES string of the molecule is NC(=N/C(=N\N1c2cc(C3(C4C=CC=CC4)C4=C(CCC=C4)c4ccccc43)ccc2C2C=C(n3c4ccccc4c4ccccc43)C=CC21)c1ccccc1)c1ccccc1. The summed E-state index contributed by atoms with van der Waals surface area (Å²) >= 11 is 0. The molecule has 298 valence electrons. The predicted molar refractivity (Wildman–Crippen MR) is 257 cm³/mol. The minimum atomic E-state index is -0.375. The zero-order chi connectivity index (χ0) is 41.2. The van der Waals surface area contributed by atoms with Crippen LogP contribution in [-0.2, 0) is 5.41 Å². The third-order valence-corrected chi connectivity index (χ3v) is 13.7. The zero-order valence-corrected chi connectivity index (χ0v) is 34.3. The van der Waals surface area contributed by atoms with Crippen LogP contribution in [0, 0.1) is 5.92 Å². The molecule has 0 amide bonds. The van der Waals surface area contributed by atoms with Gasteiger partial charge in [0.2, 0.25) is 0 Å². The number of nitrogens with two attached hydrogens (primary N) is 1. The number of aromatic nitrogens is 1. The summed E-state index contributed by atoms with van der Waals surface area (Å²) in [6, 6.07) is 54.1. The van der Waals surface area contributed by atoms with E-state index in [1.807, 2.05) is 48.5 Å². The molecule has 6 aromatic carbocycles. The number of anilines is 1. The summed E-state index contributed by atoms with van der Waals surface area (Å²) in [6.07, 6.45) is 24.2. The Morgan fingerprint density at radius 1 is 0.677 bits per heavy atom. The van der Waals surface area contributed by atoms with Crippen LogP contribution in [0.1, 0.15) is 58.6 Å². The summed E-state index contributed by atoms with van der Waals surface area (Å²) in [7, 11) is 0. The molecule has 0 saturated carbocycles. The lowest BCUT2D eigenvalue weighted by Gasteiger charge is -2.41. The standard InChI is InChI=1S/C57H45N5/c58-55(38-18-4-1-5-19-38)59-56(39-20-6-2-7-21-39)60-62-53-35-33-42(61-51-30-16-12-26-45(51)46-27-13-17-31-52(46)61)37-48(53)47-34-32-41(36-54(47)62)57(40-22-8-3-9-23-40)49-28-14-10-24-43(49)44-25-11-15-29-50(44)57/h1-10,12-22,24,26-37,40,48,53H,11,23,25H2,(H2,58,59,60). The molecule has 2 heterocycles. The van der Waals surface area contributed by atoms with Gasteiger partial charge in [-0.2, -0.15) is 5.10 Å². The molecule has 4 unspecified atom stereocenters. The second-order valence-electron chi connectivity index (χ2n) is 16.9. The molecule has 4 atom stereocenters. The highest BCUT2D eigenvalue weighted by atomic mass is 15.5. The Morgan fingerprint density at radius 3 is 2.15 bits per heavy atom. The Hall–Kier alpha value is -7.50. The van der Waals surface area contributed by atoms with Crippen LogP contribution >= 0.6 is 0 Å². The molecule has 5 aliphatic rings. The number of benzene rings is 6. The van der Waals surface area contributed by atoms with Gasteiger partial charge in [0.05, 0.1) is 28.2 Å². The number of fused-ring (bicyclic) bond motifs is 8. The third-order valence-electron chi connectivity index (χ3n) is 13.7. The van der Waals surface area contributed by atoms with E-state index in [4.69, 9.17) is 15.8 Å². The highest BCUT2D eigenvalue weighted by Gasteiger charge is 2.51. The molecule has 5 heteroatoms. The van der Waals surface area contributed by atoms with Crippen molar-refractivity contribution in [2.45, 2.75) is 36.6 Å². The van der Waals surface area contributed by atoms with Gasteiger partial charge < -0.3 is 10.3 Å². The Bertz CT molecular complexity index is 3140. The van der Waals surface area contributed by atoms with Gasteiger partial charge in [-0.1, -0.05) is 182 Å². The molecule has 5 nitrogen and oxygen atoms in total. The van der Waals surface area contributed by atoms with Gasteiger partial charge in [-0.25, -0.2) is 4.99 Å². The summed E-state index contributed by atoms with van der Waals surface area (Å²) in [5, 5.41) is 10.3. The minimum Gasteiger partial charge on any atom is -0.383 e. The van der Waals surface area contributed by atoms with Gasteiger partial charge in [-0.15, -0.1) is 0 Å². The molecule has 4 aliphatic carbocycles. The van der Waals surface area contributed by atoms with Crippen molar-refractivity contribution in [3.05, 3.63) is 245 Å². The van der Waals surface area contributed by atoms with Crippen LogP contribution in [0.4, 0.5) is 5.69 Å². The molecule has 1 aromatic heterocycles. The van der Waals surface area contributed by atoms with Crippen LogP contribution in [0.3, 0.4) is 0 Å². The highest BCUT2D eigenvalue weighted by Crippen LogP contribution is 2.60. The molecule has 0 bridgehead atoms. The molecule has 0 saturated heterocycles. The van der Waals surface area contributed by atoms with Crippen molar-refractivity contribution in [2.75, 3.05) is 5.01 Å². The van der Waals surface area contributed by atoms with Gasteiger partial charge in [0.1, 0.15) is 5.84 Å². The second-order valence-corrected chi connectivity index (χ2v) is 16.9. The van der Waals surface area contributed by atoms with Crippen molar-refractivity contribution >= 4 is 50.4 Å². The fourth-order valence-electron chi connectivity index (χ4n) is 11.1. The van der Waals surface area contributed by atoms with E-state index in [-0.39, 0.29) is 23.3 Å². The van der Waals surface area contributed by atoms with Crippen molar-refractivity contribution in [2.24, 2.45) is 21.7 Å². The summed E-state index contributed by atoms with van der Waals surface area (Å²) in [5.74, 6) is 1.24. The molecule has 0 radical (unpaired) electrons. The minimum absolute atomic E-state index is 0.0175. The average Bonchev–Trinajstić information content (AvgIpc) is 3.96. The van der Waals surface area contributed by atoms with Crippen LogP contribution in [0.15, 0.2) is 222 Å². The van der Waals surface area contributed by atoms with Crippen molar-refractivity contribution in [3.8, 4) is 0 Å². The second kappa shape index (κ2) is 14.6. The van der Waals surface area contributed by atoms with Crippen molar-refractivity contribution in [3.63, 3.8) is 0 Å². The first kappa shape index (κ1) is 36.4. The summed E-state index contributed by atoms with van der Waals surface area (Å²) in [5.41, 5.74) is 21.1. The maximum absolute atomic E-state index is 6.81. The number of rotatable bonds is 6. The van der Waals surface area contributed by atoms with E-state index in [1.54, 1.807) is 0 Å². The molecule has 12 rings (SSSR count). The quantitative estimate of drug-likeness (QED) is 0.135. The van der Waals surface area contributed by atoms with Crippen molar-refractivity contribution < 1.29 is 0 Å². The number of hydrazone groups is 1. The van der Waals surface area contributed by atoms with E-state index in [1.165, 1.54) is 55.2 Å². The monoisotopic (exact) mass is 799 g/mol. The van der Waals surface area contributed by atoms with Gasteiger partial charge in [-0.3, -0.25) is 5.01 Å². The lowest BCUT2D eigenvalue weighted by atomic mass is 9.61. The predicted octanol–water partition coefficient (Wildman–Crippen LogP) is 12.5. The first-order valence-electron chi connectivity index (χ1n) is 21.9. The van der Waals surface area contributed by atoms with E-state index in [2.05, 4.69) is 167 Å². The Kier molecular flexibility index (Phi) is 8.56. The maximum Gasteiger partial charge on any atom is 0.181 e. The fourth-order valence-corrected chi connectivity index (χ4v) is 11.1. The first-order valence-corrected chi connectivity index (χ1v) is 21.9. The number of allylic oxidation sites excluding steroid dienone is 10. The number of hydrogen-bond acceptors (Lipinski definition) is 2. The summed E-state index contributed by atoms with van der Waals surface area (Å²) in [6.45, 7) is 0. The normalized spacial score (nSPS) is 22.5. The highest BCUT2D eigenvalue weighted by molar-refractivity contribution is 6.12. The number of aliphatic imine (C=N–C) groups is 1. The number of nitrogens with zero attached hydrogens (tertiary/aromatic N) is 4. The molecule has 0 spiro atoms. The van der Waals surface area contributed by atoms with Gasteiger partial charge in [0.25, 0.3) is 0 Å². The van der Waals surface area contributed by atoms with Crippen LogP contribution in [-0.4, -0.2) is 22.3 Å². The lowest BCUT2D eigenvalue weighted by molar-refractivity contribution is 0.453. The molecule has 2 N–H and O–H groups in total. The van der Waals surface area contributed by atoms with Crippen molar-refractivity contribution in [1.82, 2.24) is 4.57 Å². The van der Waals surface area contributed by atoms with E-state index >= 15 is 0 Å². The summed E-state index contributed by atoms with van der Waals surface area (Å²) in [4.78, 5) is 5.11. The smallest absolute Gasteiger partial charge is 0.181 e. The van der Waals surface area contributed by atoms with Gasteiger partial charge >= 0.3 is 0 Å². The van der Waals surface area contributed by atoms with E-state index in [9.17, 15) is 0 Å². The van der Waals surface area contributed by atoms with Gasteiger partial charge in [0, 0.05) is 33.5 Å². The first-order chi connectivity index (χ1) is 30.7. The Morgan fingerprint density at radius 2 is 1.39 bits per heavy atom. The molecule has 1 aliphatic heterocycles. The van der Waals surface area contributed by atoms with Crippen LogP contribution in [0.5, 0.6) is 0 Å². The third kappa shape index (κ3) is 5.54. The van der Waals surface area contributed by atoms with E-state index in [0.717, 1.165) is 41.8 Å². The zero-order valence-electron chi connectivity index (χ0n) is 34.3. The van der Waals surface area contributed by atoms with E-state index in [0.29, 0.717) is 11.7 Å². The van der Waals surface area contributed by atoms with E-state index < -0.39 is 0 Å². The maximum atomic E-state index is 6.81. The topological polar surface area (TPSA) is 58.9 Å². The summed E-state index contributed by atoms with van der Waals surface area (Å²) < 4.78 is 2.43. The molecule has 0 fully saturated rings. The number of hydrogen-bond donors (Lipinski definition) is 1. The van der Waals surface area contributed by atoms with Crippen LogP contribution < -0.4 is 10.7 Å². The average molecular weight is 800 g/mol. The molecular formula is C57H45N5. The van der Waals surface area contributed by atoms with Gasteiger partial charge in [0.15, 0.2) is 5.84 Å². The molecule has 7 aromatic rings.